The maximum atomic E-state index is 12.5. The number of aryl methyl sites for hydroxylation is 2. The number of ether oxygens (including phenoxy) is 1. The number of nitrogens with one attached hydrogen (secondary N) is 1. The topological polar surface area (TPSA) is 68.3 Å². The molecule has 0 radical (unpaired) electrons. The second-order valence-corrected chi connectivity index (χ2v) is 7.60. The van der Waals surface area contributed by atoms with Crippen molar-refractivity contribution in [2.45, 2.75) is 26.7 Å². The fourth-order valence-electron chi connectivity index (χ4n) is 2.88. The van der Waals surface area contributed by atoms with Crippen molar-refractivity contribution in [3.63, 3.8) is 0 Å². The number of methoxy groups -OCH3 is 1. The van der Waals surface area contributed by atoms with Crippen LogP contribution < -0.4 is 5.32 Å². The van der Waals surface area contributed by atoms with Gasteiger partial charge in [-0.25, -0.2) is 9.78 Å². The number of thiazole rings is 1. The van der Waals surface area contributed by atoms with Gasteiger partial charge in [-0.2, -0.15) is 0 Å². The first kappa shape index (κ1) is 19.8. The fourth-order valence-corrected chi connectivity index (χ4v) is 3.71. The summed E-state index contributed by atoms with van der Waals surface area (Å²) < 4.78 is 4.66. The Morgan fingerprint density at radius 2 is 1.68 bits per heavy atom. The third-order valence-electron chi connectivity index (χ3n) is 4.35. The van der Waals surface area contributed by atoms with Crippen LogP contribution >= 0.6 is 11.3 Å². The number of amides is 1. The zero-order valence-electron chi connectivity index (χ0n) is 16.1. The minimum absolute atomic E-state index is 0.269. The Morgan fingerprint density at radius 3 is 2.29 bits per heavy atom. The monoisotopic (exact) mass is 394 g/mol. The SMILES string of the molecule is CCCc1ccc(-c2nc(NC(=O)c3ccc(C(=O)OC)cc3)sc2C)cc1. The maximum Gasteiger partial charge on any atom is 0.337 e. The van der Waals surface area contributed by atoms with Crippen molar-refractivity contribution in [2.75, 3.05) is 12.4 Å². The van der Waals surface area contributed by atoms with Gasteiger partial charge in [0.05, 0.1) is 18.4 Å². The molecule has 1 heterocycles. The van der Waals surface area contributed by atoms with E-state index in [2.05, 4.69) is 46.2 Å². The molecule has 0 aliphatic carbocycles. The molecule has 3 aromatic rings. The van der Waals surface area contributed by atoms with Crippen LogP contribution in [0.5, 0.6) is 0 Å². The number of hydrogen-bond acceptors (Lipinski definition) is 5. The van der Waals surface area contributed by atoms with Crippen molar-refractivity contribution in [3.05, 3.63) is 70.1 Å². The lowest BCUT2D eigenvalue weighted by molar-refractivity contribution is 0.0600. The third kappa shape index (κ3) is 4.46. The van der Waals surface area contributed by atoms with E-state index in [0.29, 0.717) is 16.3 Å². The fraction of sp³-hybridized carbons (Fsp3) is 0.227. The number of benzene rings is 2. The zero-order valence-corrected chi connectivity index (χ0v) is 16.9. The Kier molecular flexibility index (Phi) is 6.21. The van der Waals surface area contributed by atoms with Crippen LogP contribution in [-0.2, 0) is 11.2 Å². The highest BCUT2D eigenvalue weighted by molar-refractivity contribution is 7.16. The molecule has 0 unspecified atom stereocenters. The van der Waals surface area contributed by atoms with E-state index in [-0.39, 0.29) is 5.91 Å². The molecule has 1 aromatic heterocycles. The number of nitrogens with zero attached hydrogens (tertiary/aromatic N) is 1. The highest BCUT2D eigenvalue weighted by atomic mass is 32.1. The van der Waals surface area contributed by atoms with Crippen LogP contribution in [0.3, 0.4) is 0 Å². The van der Waals surface area contributed by atoms with Crippen LogP contribution in [0.1, 0.15) is 44.5 Å². The third-order valence-corrected chi connectivity index (χ3v) is 5.24. The van der Waals surface area contributed by atoms with Gasteiger partial charge in [-0.05, 0) is 43.2 Å². The Labute approximate surface area is 168 Å². The first-order valence-corrected chi connectivity index (χ1v) is 9.90. The van der Waals surface area contributed by atoms with Gasteiger partial charge in [0.15, 0.2) is 5.13 Å². The van der Waals surface area contributed by atoms with E-state index in [4.69, 9.17) is 0 Å². The van der Waals surface area contributed by atoms with Gasteiger partial charge in [-0.3, -0.25) is 10.1 Å². The summed E-state index contributed by atoms with van der Waals surface area (Å²) in [6, 6.07) is 14.7. The van der Waals surface area contributed by atoms with Gasteiger partial charge in [0.25, 0.3) is 5.91 Å². The molecule has 0 saturated heterocycles. The molecule has 6 heteroatoms. The van der Waals surface area contributed by atoms with Crippen LogP contribution in [0.15, 0.2) is 48.5 Å². The highest BCUT2D eigenvalue weighted by Crippen LogP contribution is 2.31. The van der Waals surface area contributed by atoms with Crippen LogP contribution in [0.2, 0.25) is 0 Å². The number of rotatable bonds is 6. The molecule has 0 fully saturated rings. The van der Waals surface area contributed by atoms with E-state index < -0.39 is 5.97 Å². The molecule has 144 valence electrons. The minimum Gasteiger partial charge on any atom is -0.465 e. The Morgan fingerprint density at radius 1 is 1.04 bits per heavy atom. The number of anilines is 1. The first-order chi connectivity index (χ1) is 13.5. The second-order valence-electron chi connectivity index (χ2n) is 6.39. The van der Waals surface area contributed by atoms with Crippen molar-refractivity contribution in [2.24, 2.45) is 0 Å². The summed E-state index contributed by atoms with van der Waals surface area (Å²) in [5.74, 6) is -0.702. The number of carbonyl (C=O) groups excluding carboxylic acids is 2. The molecule has 1 N–H and O–H groups in total. The largest absolute Gasteiger partial charge is 0.465 e. The van der Waals surface area contributed by atoms with Crippen molar-refractivity contribution in [3.8, 4) is 11.3 Å². The molecule has 0 saturated carbocycles. The van der Waals surface area contributed by atoms with Crippen LogP contribution in [0.25, 0.3) is 11.3 Å². The molecule has 2 aromatic carbocycles. The van der Waals surface area contributed by atoms with Crippen LogP contribution in [-0.4, -0.2) is 24.0 Å². The summed E-state index contributed by atoms with van der Waals surface area (Å²) in [6.45, 7) is 4.16. The molecular formula is C22H22N2O3S. The molecule has 0 aliphatic heterocycles. The van der Waals surface area contributed by atoms with Gasteiger partial charge < -0.3 is 4.74 Å². The lowest BCUT2D eigenvalue weighted by Gasteiger charge is -2.03. The molecule has 0 bridgehead atoms. The van der Waals surface area contributed by atoms with Gasteiger partial charge >= 0.3 is 5.97 Å². The molecule has 1 amide bonds. The summed E-state index contributed by atoms with van der Waals surface area (Å²) in [4.78, 5) is 29.6. The van der Waals surface area contributed by atoms with Gasteiger partial charge in [0.2, 0.25) is 0 Å². The van der Waals surface area contributed by atoms with Crippen molar-refractivity contribution in [1.82, 2.24) is 4.98 Å². The lowest BCUT2D eigenvalue weighted by Crippen LogP contribution is -2.12. The van der Waals surface area contributed by atoms with Crippen LogP contribution in [0.4, 0.5) is 5.13 Å². The van der Waals surface area contributed by atoms with E-state index in [1.807, 2.05) is 6.92 Å². The van der Waals surface area contributed by atoms with E-state index in [1.54, 1.807) is 24.3 Å². The van der Waals surface area contributed by atoms with Gasteiger partial charge in [0.1, 0.15) is 0 Å². The Balaban J connectivity index is 1.74. The highest BCUT2D eigenvalue weighted by Gasteiger charge is 2.14. The number of esters is 1. The van der Waals surface area contributed by atoms with E-state index in [9.17, 15) is 9.59 Å². The predicted molar refractivity (Wildman–Crippen MR) is 112 cm³/mol. The van der Waals surface area contributed by atoms with Crippen LogP contribution in [0, 0.1) is 6.92 Å². The molecule has 28 heavy (non-hydrogen) atoms. The second kappa shape index (κ2) is 8.80. The van der Waals surface area contributed by atoms with Crippen molar-refractivity contribution in [1.29, 1.82) is 0 Å². The quantitative estimate of drug-likeness (QED) is 0.590. The van der Waals surface area contributed by atoms with Gasteiger partial charge in [-0.15, -0.1) is 11.3 Å². The molecule has 0 aliphatic rings. The minimum atomic E-state index is -0.433. The maximum absolute atomic E-state index is 12.5. The van der Waals surface area contributed by atoms with E-state index >= 15 is 0 Å². The standard InChI is InChI=1S/C22H22N2O3S/c1-4-5-15-6-8-16(9-7-15)19-14(2)28-22(23-19)24-20(25)17-10-12-18(13-11-17)21(26)27-3/h6-13H,4-5H2,1-3H3,(H,23,24,25). The summed E-state index contributed by atoms with van der Waals surface area (Å²) in [6.07, 6.45) is 2.18. The van der Waals surface area contributed by atoms with Gasteiger partial charge in [-0.1, -0.05) is 37.6 Å². The number of hydrogen-bond donors (Lipinski definition) is 1. The average molecular weight is 394 g/mol. The van der Waals surface area contributed by atoms with Crippen molar-refractivity contribution >= 4 is 28.3 Å². The van der Waals surface area contributed by atoms with Crippen molar-refractivity contribution < 1.29 is 14.3 Å². The zero-order chi connectivity index (χ0) is 20.1. The predicted octanol–water partition coefficient (Wildman–Crippen LogP) is 5.11. The molecule has 0 atom stereocenters. The summed E-state index contributed by atoms with van der Waals surface area (Å²) in [5.41, 5.74) is 4.08. The lowest BCUT2D eigenvalue weighted by atomic mass is 10.1. The smallest absolute Gasteiger partial charge is 0.337 e. The first-order valence-electron chi connectivity index (χ1n) is 9.08. The van der Waals surface area contributed by atoms with Gasteiger partial charge in [0, 0.05) is 16.0 Å². The Bertz CT molecular complexity index is 976. The van der Waals surface area contributed by atoms with E-state index in [0.717, 1.165) is 29.0 Å². The normalized spacial score (nSPS) is 10.5. The molecular weight excluding hydrogens is 372 g/mol. The summed E-state index contributed by atoms with van der Waals surface area (Å²) >= 11 is 1.44. The number of carbonyl (C=O) groups is 2. The molecule has 0 spiro atoms. The molecule has 5 nitrogen and oxygen atoms in total. The van der Waals surface area contributed by atoms with E-state index in [1.165, 1.54) is 24.0 Å². The summed E-state index contributed by atoms with van der Waals surface area (Å²) in [5, 5.41) is 3.38. The average Bonchev–Trinajstić information content (AvgIpc) is 3.08. The molecule has 3 rings (SSSR count). The summed E-state index contributed by atoms with van der Waals surface area (Å²) in [7, 11) is 1.32. The Hall–Kier alpha value is -2.99. The number of aromatic nitrogens is 1.